The number of ether oxygens (including phenoxy) is 1. The molecule has 0 saturated heterocycles. The molecule has 0 aliphatic carbocycles. The smallest absolute Gasteiger partial charge is 0.433 e. The van der Waals surface area contributed by atoms with Crippen LogP contribution in [0.25, 0.3) is 0 Å². The molecule has 3 aromatic carbocycles. The standard InChI is InChI=1S/C24H12BrF11N2O4/c25-14-8-11(22(30,23(31,32)33)24(34,35)36)9-16(42-21(28)29)18(14)37-19(39)13-2-1-3-15(17(13)27)38(41)20(40)10-4-6-12(26)7-5-10/h1-9,21,41H,(H,37,39). The van der Waals surface area contributed by atoms with Crippen LogP contribution >= 0.6 is 15.9 Å². The summed E-state index contributed by atoms with van der Waals surface area (Å²) in [6, 6.07) is 5.54. The number of nitrogens with one attached hydrogen (secondary N) is 1. The fraction of sp³-hybridized carbons (Fsp3) is 0.167. The van der Waals surface area contributed by atoms with Gasteiger partial charge in [-0.15, -0.1) is 0 Å². The van der Waals surface area contributed by atoms with Crippen LogP contribution < -0.4 is 15.1 Å². The maximum absolute atomic E-state index is 15.2. The van der Waals surface area contributed by atoms with Crippen molar-refractivity contribution in [2.75, 3.05) is 10.4 Å². The van der Waals surface area contributed by atoms with Gasteiger partial charge in [-0.25, -0.2) is 13.2 Å². The Hall–Kier alpha value is -3.93. The summed E-state index contributed by atoms with van der Waals surface area (Å²) in [4.78, 5) is 25.2. The number of rotatable bonds is 7. The van der Waals surface area contributed by atoms with Crippen molar-refractivity contribution in [2.45, 2.75) is 24.6 Å². The van der Waals surface area contributed by atoms with Crippen LogP contribution in [0.3, 0.4) is 0 Å². The molecule has 3 aromatic rings. The monoisotopic (exact) mass is 680 g/mol. The summed E-state index contributed by atoms with van der Waals surface area (Å²) >= 11 is 2.47. The first-order chi connectivity index (χ1) is 19.3. The lowest BCUT2D eigenvalue weighted by Gasteiger charge is -2.31. The summed E-state index contributed by atoms with van der Waals surface area (Å²) in [7, 11) is 0. The van der Waals surface area contributed by atoms with Gasteiger partial charge >= 0.3 is 24.6 Å². The summed E-state index contributed by atoms with van der Waals surface area (Å²) in [5, 5.41) is 11.7. The Morgan fingerprint density at radius 1 is 0.905 bits per heavy atom. The molecular weight excluding hydrogens is 669 g/mol. The van der Waals surface area contributed by atoms with Crippen molar-refractivity contribution < 1.29 is 67.8 Å². The van der Waals surface area contributed by atoms with Crippen LogP contribution in [0.15, 0.2) is 59.1 Å². The quantitative estimate of drug-likeness (QED) is 0.151. The van der Waals surface area contributed by atoms with Gasteiger partial charge in [-0.3, -0.25) is 14.8 Å². The van der Waals surface area contributed by atoms with Gasteiger partial charge in [-0.2, -0.15) is 40.2 Å². The van der Waals surface area contributed by atoms with Crippen molar-refractivity contribution in [1.29, 1.82) is 0 Å². The molecule has 0 bridgehead atoms. The average molecular weight is 681 g/mol. The molecule has 0 unspecified atom stereocenters. The third kappa shape index (κ3) is 6.28. The van der Waals surface area contributed by atoms with Crippen LogP contribution in [-0.4, -0.2) is 36.0 Å². The molecule has 42 heavy (non-hydrogen) atoms. The Kier molecular flexibility index (Phi) is 9.11. The second-order valence-electron chi connectivity index (χ2n) is 8.08. The highest BCUT2D eigenvalue weighted by molar-refractivity contribution is 9.10. The van der Waals surface area contributed by atoms with Crippen molar-refractivity contribution >= 4 is 39.1 Å². The number of carbonyl (C=O) groups is 2. The van der Waals surface area contributed by atoms with Gasteiger partial charge in [0, 0.05) is 15.6 Å². The Morgan fingerprint density at radius 3 is 2.00 bits per heavy atom. The van der Waals surface area contributed by atoms with Crippen molar-refractivity contribution in [3.05, 3.63) is 87.4 Å². The maximum atomic E-state index is 15.2. The molecule has 18 heteroatoms. The van der Waals surface area contributed by atoms with Gasteiger partial charge in [-0.1, -0.05) is 6.07 Å². The molecular formula is C24H12BrF11N2O4. The fourth-order valence-electron chi connectivity index (χ4n) is 3.44. The van der Waals surface area contributed by atoms with Crippen LogP contribution in [0.4, 0.5) is 59.7 Å². The first-order valence-electron chi connectivity index (χ1n) is 10.8. The minimum absolute atomic E-state index is 0.113. The van der Waals surface area contributed by atoms with Gasteiger partial charge in [-0.05, 0) is 64.5 Å². The molecule has 2 amide bonds. The van der Waals surface area contributed by atoms with Gasteiger partial charge in [0.1, 0.15) is 11.5 Å². The lowest BCUT2D eigenvalue weighted by atomic mass is 9.93. The number of hydroxylamine groups is 1. The van der Waals surface area contributed by atoms with E-state index < -0.39 is 80.8 Å². The number of amides is 2. The molecule has 0 atom stereocenters. The molecule has 0 fully saturated rings. The SMILES string of the molecule is O=C(Nc1c(Br)cc(C(F)(C(F)(F)F)C(F)(F)F)cc1OC(F)F)c1cccc(N(O)C(=O)c2ccc(F)cc2)c1F. The highest BCUT2D eigenvalue weighted by atomic mass is 79.9. The predicted octanol–water partition coefficient (Wildman–Crippen LogP) is 7.91. The maximum Gasteiger partial charge on any atom is 0.435 e. The number of hydrogen-bond donors (Lipinski definition) is 2. The molecule has 0 aromatic heterocycles. The largest absolute Gasteiger partial charge is 0.435 e. The highest BCUT2D eigenvalue weighted by Gasteiger charge is 2.73. The summed E-state index contributed by atoms with van der Waals surface area (Å²) in [5.74, 6) is -6.83. The Bertz CT molecular complexity index is 1480. The molecule has 0 saturated carbocycles. The second kappa shape index (κ2) is 11.7. The summed E-state index contributed by atoms with van der Waals surface area (Å²) < 4.78 is 151. The molecule has 0 heterocycles. The van der Waals surface area contributed by atoms with Gasteiger partial charge in [0.15, 0.2) is 11.6 Å². The number of benzene rings is 3. The van der Waals surface area contributed by atoms with Gasteiger partial charge < -0.3 is 10.1 Å². The Morgan fingerprint density at radius 2 is 1.48 bits per heavy atom. The summed E-state index contributed by atoms with van der Waals surface area (Å²) in [6.07, 6.45) is -13.2. The minimum atomic E-state index is -6.62. The van der Waals surface area contributed by atoms with Crippen LogP contribution in [-0.2, 0) is 5.67 Å². The molecule has 6 nitrogen and oxygen atoms in total. The molecule has 0 aliphatic rings. The normalized spacial score (nSPS) is 12.3. The molecule has 0 aliphatic heterocycles. The third-order valence-corrected chi connectivity index (χ3v) is 6.05. The van der Waals surface area contributed by atoms with E-state index in [0.717, 1.165) is 42.5 Å². The number of nitrogens with zero attached hydrogens (tertiary/aromatic N) is 1. The second-order valence-corrected chi connectivity index (χ2v) is 8.93. The number of alkyl halides is 9. The summed E-state index contributed by atoms with van der Waals surface area (Å²) in [6.45, 7) is -3.91. The molecule has 0 spiro atoms. The Labute approximate surface area is 235 Å². The molecule has 2 N–H and O–H groups in total. The van der Waals surface area contributed by atoms with E-state index in [9.17, 15) is 58.7 Å². The Balaban J connectivity index is 2.04. The minimum Gasteiger partial charge on any atom is -0.433 e. The van der Waals surface area contributed by atoms with E-state index in [1.54, 1.807) is 5.32 Å². The molecule has 3 rings (SSSR count). The van der Waals surface area contributed by atoms with Crippen molar-refractivity contribution in [3.8, 4) is 5.75 Å². The number of anilines is 2. The lowest BCUT2D eigenvalue weighted by Crippen LogP contribution is -2.50. The predicted molar refractivity (Wildman–Crippen MR) is 125 cm³/mol. The summed E-state index contributed by atoms with van der Waals surface area (Å²) in [5.41, 5.74) is -11.7. The highest BCUT2D eigenvalue weighted by Crippen LogP contribution is 2.55. The van der Waals surface area contributed by atoms with Crippen molar-refractivity contribution in [3.63, 3.8) is 0 Å². The van der Waals surface area contributed by atoms with Gasteiger partial charge in [0.2, 0.25) is 0 Å². The van der Waals surface area contributed by atoms with E-state index in [-0.39, 0.29) is 22.8 Å². The topological polar surface area (TPSA) is 78.9 Å². The van der Waals surface area contributed by atoms with Crippen LogP contribution in [0.5, 0.6) is 5.75 Å². The first kappa shape index (κ1) is 32.6. The van der Waals surface area contributed by atoms with Gasteiger partial charge in [0.05, 0.1) is 11.3 Å². The number of halogens is 12. The van der Waals surface area contributed by atoms with Crippen LogP contribution in [0, 0.1) is 11.6 Å². The third-order valence-electron chi connectivity index (χ3n) is 5.42. The number of carbonyl (C=O) groups excluding carboxylic acids is 2. The van der Waals surface area contributed by atoms with E-state index in [2.05, 4.69) is 20.7 Å². The zero-order valence-electron chi connectivity index (χ0n) is 19.9. The average Bonchev–Trinajstić information content (AvgIpc) is 2.88. The van der Waals surface area contributed by atoms with E-state index in [0.29, 0.717) is 0 Å². The zero-order valence-corrected chi connectivity index (χ0v) is 21.5. The van der Waals surface area contributed by atoms with Gasteiger partial charge in [0.25, 0.3) is 11.8 Å². The van der Waals surface area contributed by atoms with Crippen LogP contribution in [0.1, 0.15) is 26.3 Å². The van der Waals surface area contributed by atoms with Crippen LogP contribution in [0.2, 0.25) is 0 Å². The molecule has 0 radical (unpaired) electrons. The van der Waals surface area contributed by atoms with E-state index in [1.165, 1.54) is 0 Å². The fourth-order valence-corrected chi connectivity index (χ4v) is 3.98. The van der Waals surface area contributed by atoms with Crippen molar-refractivity contribution in [2.24, 2.45) is 0 Å². The van der Waals surface area contributed by atoms with E-state index >= 15 is 4.39 Å². The van der Waals surface area contributed by atoms with E-state index in [1.807, 2.05) is 0 Å². The lowest BCUT2D eigenvalue weighted by molar-refractivity contribution is -0.348. The van der Waals surface area contributed by atoms with E-state index in [4.69, 9.17) is 0 Å². The number of hydrogen-bond acceptors (Lipinski definition) is 4. The first-order valence-corrected chi connectivity index (χ1v) is 11.6. The molecule has 226 valence electrons. The zero-order chi connectivity index (χ0) is 31.8. The van der Waals surface area contributed by atoms with Crippen molar-refractivity contribution in [1.82, 2.24) is 0 Å².